The smallest absolute Gasteiger partial charge is 0.0518 e. The van der Waals surface area contributed by atoms with Crippen molar-refractivity contribution in [1.29, 1.82) is 0 Å². The summed E-state index contributed by atoms with van der Waals surface area (Å²) in [7, 11) is 2.02. The van der Waals surface area contributed by atoms with Gasteiger partial charge in [-0.05, 0) is 42.1 Å². The van der Waals surface area contributed by atoms with Crippen molar-refractivity contribution < 1.29 is 0 Å². The molecule has 0 spiro atoms. The molecule has 1 N–H and O–H groups in total. The average molecular weight is 247 g/mol. The first-order chi connectivity index (χ1) is 8.43. The minimum atomic E-state index is 0.436. The van der Waals surface area contributed by atoms with Crippen molar-refractivity contribution in [2.24, 2.45) is 23.8 Å². The molecule has 1 aromatic heterocycles. The first-order valence-electron chi connectivity index (χ1n) is 7.14. The van der Waals surface area contributed by atoms with Gasteiger partial charge in [0.05, 0.1) is 5.69 Å². The fraction of sp³-hybridized carbons (Fsp3) is 0.800. The molecule has 2 saturated carbocycles. The lowest BCUT2D eigenvalue weighted by Gasteiger charge is -2.43. The highest BCUT2D eigenvalue weighted by atomic mass is 15.3. The van der Waals surface area contributed by atoms with Crippen LogP contribution in [-0.4, -0.2) is 15.8 Å². The lowest BCUT2D eigenvalue weighted by Crippen LogP contribution is -2.50. The molecule has 1 aromatic rings. The molecule has 3 rings (SSSR count). The van der Waals surface area contributed by atoms with E-state index in [0.717, 1.165) is 12.5 Å². The molecule has 1 unspecified atom stereocenters. The van der Waals surface area contributed by atoms with Crippen molar-refractivity contribution in [3.63, 3.8) is 0 Å². The number of hydrogen-bond acceptors (Lipinski definition) is 2. The normalized spacial score (nSPS) is 37.3. The maximum atomic E-state index is 4.24. The van der Waals surface area contributed by atoms with E-state index in [0.29, 0.717) is 16.9 Å². The SMILES string of the molecule is Cn1nccc1CNC1C(C)(C)[C@H]2CC[C@]1(C)C2. The Kier molecular flexibility index (Phi) is 2.60. The van der Waals surface area contributed by atoms with Gasteiger partial charge in [-0.2, -0.15) is 5.10 Å². The van der Waals surface area contributed by atoms with Crippen LogP contribution in [0.25, 0.3) is 0 Å². The van der Waals surface area contributed by atoms with Crippen LogP contribution in [0.1, 0.15) is 45.7 Å². The molecule has 2 aliphatic carbocycles. The highest BCUT2D eigenvalue weighted by Gasteiger charge is 2.58. The van der Waals surface area contributed by atoms with Gasteiger partial charge in [0.25, 0.3) is 0 Å². The second-order valence-corrected chi connectivity index (χ2v) is 7.18. The van der Waals surface area contributed by atoms with E-state index >= 15 is 0 Å². The zero-order valence-corrected chi connectivity index (χ0v) is 12.0. The highest BCUT2D eigenvalue weighted by Crippen LogP contribution is 2.62. The van der Waals surface area contributed by atoms with Gasteiger partial charge in [0.15, 0.2) is 0 Å². The summed E-state index contributed by atoms with van der Waals surface area (Å²) in [5.41, 5.74) is 2.22. The summed E-state index contributed by atoms with van der Waals surface area (Å²) in [5, 5.41) is 8.07. The van der Waals surface area contributed by atoms with Crippen molar-refractivity contribution >= 4 is 0 Å². The fourth-order valence-corrected chi connectivity index (χ4v) is 4.59. The van der Waals surface area contributed by atoms with Crippen LogP contribution in [0.3, 0.4) is 0 Å². The van der Waals surface area contributed by atoms with Crippen molar-refractivity contribution in [2.45, 2.75) is 52.6 Å². The van der Waals surface area contributed by atoms with Gasteiger partial charge in [0.1, 0.15) is 0 Å². The third kappa shape index (κ3) is 1.63. The van der Waals surface area contributed by atoms with Crippen LogP contribution in [0.5, 0.6) is 0 Å². The number of fused-ring (bicyclic) bond motifs is 2. The molecular weight excluding hydrogens is 222 g/mol. The molecule has 18 heavy (non-hydrogen) atoms. The largest absolute Gasteiger partial charge is 0.307 e. The van der Waals surface area contributed by atoms with Crippen molar-refractivity contribution in [2.75, 3.05) is 0 Å². The number of aryl methyl sites for hydroxylation is 1. The Morgan fingerprint density at radius 2 is 2.22 bits per heavy atom. The lowest BCUT2D eigenvalue weighted by atomic mass is 9.68. The van der Waals surface area contributed by atoms with Gasteiger partial charge in [-0.1, -0.05) is 20.8 Å². The highest BCUT2D eigenvalue weighted by molar-refractivity contribution is 5.13. The summed E-state index contributed by atoms with van der Waals surface area (Å²) < 4.78 is 1.97. The summed E-state index contributed by atoms with van der Waals surface area (Å²) in [5.74, 6) is 0.909. The van der Waals surface area contributed by atoms with E-state index in [1.807, 2.05) is 17.9 Å². The van der Waals surface area contributed by atoms with Gasteiger partial charge >= 0.3 is 0 Å². The molecule has 3 atom stereocenters. The summed E-state index contributed by atoms with van der Waals surface area (Å²) in [6.07, 6.45) is 6.10. The summed E-state index contributed by atoms with van der Waals surface area (Å²) in [6, 6.07) is 2.74. The topological polar surface area (TPSA) is 29.9 Å². The van der Waals surface area contributed by atoms with E-state index in [2.05, 4.69) is 37.3 Å². The van der Waals surface area contributed by atoms with Crippen molar-refractivity contribution in [1.82, 2.24) is 15.1 Å². The molecule has 3 nitrogen and oxygen atoms in total. The molecule has 2 aliphatic rings. The van der Waals surface area contributed by atoms with Crippen LogP contribution in [-0.2, 0) is 13.6 Å². The Hall–Kier alpha value is -0.830. The Balaban J connectivity index is 1.74. The third-order valence-corrected chi connectivity index (χ3v) is 5.68. The van der Waals surface area contributed by atoms with Gasteiger partial charge in [-0.25, -0.2) is 0 Å². The quantitative estimate of drug-likeness (QED) is 0.890. The van der Waals surface area contributed by atoms with Gasteiger partial charge in [0, 0.05) is 25.8 Å². The average Bonchev–Trinajstić information content (AvgIpc) is 2.90. The van der Waals surface area contributed by atoms with Crippen molar-refractivity contribution in [3.05, 3.63) is 18.0 Å². The maximum absolute atomic E-state index is 4.24. The summed E-state index contributed by atoms with van der Waals surface area (Å²) in [6.45, 7) is 8.31. The molecule has 0 radical (unpaired) electrons. The number of aromatic nitrogens is 2. The van der Waals surface area contributed by atoms with E-state index in [4.69, 9.17) is 0 Å². The van der Waals surface area contributed by atoms with Crippen molar-refractivity contribution in [3.8, 4) is 0 Å². The van der Waals surface area contributed by atoms with Crippen LogP contribution >= 0.6 is 0 Å². The number of hydrogen-bond donors (Lipinski definition) is 1. The summed E-state index contributed by atoms with van der Waals surface area (Å²) in [4.78, 5) is 0. The Labute approximate surface area is 110 Å². The van der Waals surface area contributed by atoms with Gasteiger partial charge in [-0.3, -0.25) is 4.68 Å². The molecule has 0 amide bonds. The molecule has 2 fully saturated rings. The van der Waals surface area contributed by atoms with E-state index in [1.165, 1.54) is 25.0 Å². The van der Waals surface area contributed by atoms with Crippen LogP contribution in [0.15, 0.2) is 12.3 Å². The Morgan fingerprint density at radius 1 is 1.44 bits per heavy atom. The first kappa shape index (κ1) is 12.2. The zero-order valence-electron chi connectivity index (χ0n) is 12.0. The molecule has 1 heterocycles. The predicted molar refractivity (Wildman–Crippen MR) is 73.1 cm³/mol. The monoisotopic (exact) mass is 247 g/mol. The second-order valence-electron chi connectivity index (χ2n) is 7.18. The van der Waals surface area contributed by atoms with E-state index < -0.39 is 0 Å². The third-order valence-electron chi connectivity index (χ3n) is 5.68. The number of nitrogens with one attached hydrogen (secondary N) is 1. The molecule has 0 aromatic carbocycles. The van der Waals surface area contributed by atoms with Gasteiger partial charge in [0.2, 0.25) is 0 Å². The fourth-order valence-electron chi connectivity index (χ4n) is 4.59. The number of rotatable bonds is 3. The second kappa shape index (κ2) is 3.83. The van der Waals surface area contributed by atoms with E-state index in [9.17, 15) is 0 Å². The minimum Gasteiger partial charge on any atom is -0.307 e. The molecule has 2 bridgehead atoms. The van der Waals surface area contributed by atoms with Gasteiger partial charge in [-0.15, -0.1) is 0 Å². The molecule has 0 saturated heterocycles. The van der Waals surface area contributed by atoms with E-state index in [-0.39, 0.29) is 0 Å². The summed E-state index contributed by atoms with van der Waals surface area (Å²) >= 11 is 0. The number of nitrogens with zero attached hydrogens (tertiary/aromatic N) is 2. The van der Waals surface area contributed by atoms with E-state index in [1.54, 1.807) is 0 Å². The van der Waals surface area contributed by atoms with Crippen LogP contribution in [0.2, 0.25) is 0 Å². The molecule has 3 heteroatoms. The minimum absolute atomic E-state index is 0.436. The molecule has 100 valence electrons. The first-order valence-corrected chi connectivity index (χ1v) is 7.14. The lowest BCUT2D eigenvalue weighted by molar-refractivity contribution is 0.107. The molecular formula is C15H25N3. The molecule has 0 aliphatic heterocycles. The standard InChI is InChI=1S/C15H25N3/c1-14(2)11-5-7-15(3,9-11)13(14)16-10-12-6-8-17-18(12)4/h6,8,11,13,16H,5,7,9-10H2,1-4H3/t11-,13?,15+/m0/s1. The van der Waals surface area contributed by atoms with Crippen LogP contribution < -0.4 is 5.32 Å². The van der Waals surface area contributed by atoms with Crippen LogP contribution in [0.4, 0.5) is 0 Å². The predicted octanol–water partition coefficient (Wildman–Crippen LogP) is 2.72. The van der Waals surface area contributed by atoms with Crippen LogP contribution in [0, 0.1) is 16.7 Å². The maximum Gasteiger partial charge on any atom is 0.0518 e. The zero-order chi connectivity index (χ0) is 13.0. The Bertz CT molecular complexity index is 444. The Morgan fingerprint density at radius 3 is 2.78 bits per heavy atom. The van der Waals surface area contributed by atoms with Gasteiger partial charge < -0.3 is 5.32 Å².